The van der Waals surface area contributed by atoms with Crippen LogP contribution in [0.1, 0.15) is 40.4 Å². The Morgan fingerprint density at radius 2 is 1.97 bits per heavy atom. The average molecular weight is 447 g/mol. The standard InChI is InChI=1S/C21H19F2N3O6/c1-11(2)31-16-8-12(5-6-15(16)32-21(22)23)19-26-14(10-30-19)18(27)25-9-13-4-3-7-24-17(13)20(28)29/h3-8,10-11,21H,9H2,1-2H3,(H,25,27)(H,28,29). The third-order valence-corrected chi connectivity index (χ3v) is 4.04. The number of carbonyl (C=O) groups excluding carboxylic acids is 1. The minimum absolute atomic E-state index is 0.0555. The van der Waals surface area contributed by atoms with Gasteiger partial charge in [-0.3, -0.25) is 4.79 Å². The molecule has 1 aromatic carbocycles. The van der Waals surface area contributed by atoms with Crippen molar-refractivity contribution in [3.05, 3.63) is 59.7 Å². The van der Waals surface area contributed by atoms with Crippen molar-refractivity contribution in [1.29, 1.82) is 0 Å². The fourth-order valence-electron chi connectivity index (χ4n) is 2.73. The first-order valence-corrected chi connectivity index (χ1v) is 9.41. The second-order valence-electron chi connectivity index (χ2n) is 6.74. The Kier molecular flexibility index (Phi) is 6.98. The van der Waals surface area contributed by atoms with E-state index < -0.39 is 18.5 Å². The van der Waals surface area contributed by atoms with E-state index in [1.807, 2.05) is 0 Å². The second kappa shape index (κ2) is 9.86. The predicted octanol–water partition coefficient (Wildman–Crippen LogP) is 3.75. The minimum atomic E-state index is -3.02. The monoisotopic (exact) mass is 447 g/mol. The van der Waals surface area contributed by atoms with Gasteiger partial charge in [0.2, 0.25) is 5.89 Å². The van der Waals surface area contributed by atoms with Crippen LogP contribution in [0.2, 0.25) is 0 Å². The summed E-state index contributed by atoms with van der Waals surface area (Å²) in [6.45, 7) is 0.353. The molecule has 2 heterocycles. The molecular formula is C21H19F2N3O6. The summed E-state index contributed by atoms with van der Waals surface area (Å²) >= 11 is 0. The van der Waals surface area contributed by atoms with Crippen LogP contribution in [0.3, 0.4) is 0 Å². The first kappa shape index (κ1) is 22.7. The number of carboxylic acid groups (broad SMARTS) is 1. The molecular weight excluding hydrogens is 428 g/mol. The molecule has 0 saturated carbocycles. The van der Waals surface area contributed by atoms with Gasteiger partial charge in [-0.2, -0.15) is 8.78 Å². The number of pyridine rings is 1. The number of hydrogen-bond donors (Lipinski definition) is 2. The molecule has 1 amide bonds. The van der Waals surface area contributed by atoms with Crippen LogP contribution in [-0.2, 0) is 6.54 Å². The van der Waals surface area contributed by atoms with Crippen LogP contribution < -0.4 is 14.8 Å². The van der Waals surface area contributed by atoms with Gasteiger partial charge >= 0.3 is 12.6 Å². The lowest BCUT2D eigenvalue weighted by Crippen LogP contribution is -2.24. The number of carboxylic acids is 1. The number of rotatable bonds is 9. The molecule has 11 heteroatoms. The lowest BCUT2D eigenvalue weighted by molar-refractivity contribution is -0.0518. The highest BCUT2D eigenvalue weighted by Gasteiger charge is 2.18. The van der Waals surface area contributed by atoms with Crippen LogP contribution in [-0.4, -0.2) is 39.7 Å². The van der Waals surface area contributed by atoms with Gasteiger partial charge in [0.05, 0.1) is 6.10 Å². The van der Waals surface area contributed by atoms with E-state index in [-0.39, 0.29) is 41.4 Å². The number of oxazole rings is 1. The van der Waals surface area contributed by atoms with Crippen molar-refractivity contribution < 1.29 is 37.4 Å². The van der Waals surface area contributed by atoms with Crippen LogP contribution in [0.5, 0.6) is 11.5 Å². The van der Waals surface area contributed by atoms with Gasteiger partial charge in [0, 0.05) is 23.9 Å². The summed E-state index contributed by atoms with van der Waals surface area (Å²) in [5.74, 6) is -1.83. The molecule has 0 fully saturated rings. The van der Waals surface area contributed by atoms with E-state index in [1.165, 1.54) is 30.5 Å². The van der Waals surface area contributed by atoms with Gasteiger partial charge in [0.25, 0.3) is 5.91 Å². The van der Waals surface area contributed by atoms with Crippen LogP contribution in [0.25, 0.3) is 11.5 Å². The fraction of sp³-hybridized carbons (Fsp3) is 0.238. The summed E-state index contributed by atoms with van der Waals surface area (Å²) in [6, 6.07) is 7.23. The van der Waals surface area contributed by atoms with Gasteiger partial charge in [-0.25, -0.2) is 14.8 Å². The van der Waals surface area contributed by atoms with Crippen LogP contribution in [0, 0.1) is 0 Å². The minimum Gasteiger partial charge on any atom is -0.487 e. The average Bonchev–Trinajstić information content (AvgIpc) is 3.23. The Hall–Kier alpha value is -4.02. The van der Waals surface area contributed by atoms with Crippen molar-refractivity contribution in [2.45, 2.75) is 33.1 Å². The maximum atomic E-state index is 12.6. The van der Waals surface area contributed by atoms with E-state index in [1.54, 1.807) is 19.9 Å². The number of hydrogen-bond acceptors (Lipinski definition) is 7. The molecule has 2 aromatic heterocycles. The molecule has 0 aliphatic carbocycles. The highest BCUT2D eigenvalue weighted by molar-refractivity contribution is 5.92. The Labute approximate surface area is 181 Å². The van der Waals surface area contributed by atoms with Gasteiger partial charge in [-0.1, -0.05) is 6.07 Å². The molecule has 32 heavy (non-hydrogen) atoms. The summed E-state index contributed by atoms with van der Waals surface area (Å²) in [6.07, 6.45) is 2.16. The zero-order chi connectivity index (χ0) is 23.3. The molecule has 0 bridgehead atoms. The van der Waals surface area contributed by atoms with E-state index in [0.29, 0.717) is 11.1 Å². The zero-order valence-corrected chi connectivity index (χ0v) is 17.0. The molecule has 2 N–H and O–H groups in total. The van der Waals surface area contributed by atoms with Crippen molar-refractivity contribution in [2.75, 3.05) is 0 Å². The topological polar surface area (TPSA) is 124 Å². The number of nitrogens with one attached hydrogen (secondary N) is 1. The Bertz CT molecular complexity index is 1120. The second-order valence-corrected chi connectivity index (χ2v) is 6.74. The number of aromatic nitrogens is 2. The Morgan fingerprint density at radius 1 is 1.19 bits per heavy atom. The van der Waals surface area contributed by atoms with Gasteiger partial charge in [0.1, 0.15) is 6.26 Å². The Morgan fingerprint density at radius 3 is 2.66 bits per heavy atom. The molecule has 0 unspecified atom stereocenters. The van der Waals surface area contributed by atoms with E-state index in [2.05, 4.69) is 20.0 Å². The smallest absolute Gasteiger partial charge is 0.387 e. The van der Waals surface area contributed by atoms with Crippen molar-refractivity contribution in [1.82, 2.24) is 15.3 Å². The molecule has 9 nitrogen and oxygen atoms in total. The number of amides is 1. The molecule has 0 saturated heterocycles. The fourth-order valence-corrected chi connectivity index (χ4v) is 2.73. The molecule has 0 aliphatic heterocycles. The summed E-state index contributed by atoms with van der Waals surface area (Å²) in [5.41, 5.74) is 0.473. The van der Waals surface area contributed by atoms with Crippen molar-refractivity contribution >= 4 is 11.9 Å². The van der Waals surface area contributed by atoms with Crippen molar-refractivity contribution in [3.8, 4) is 23.0 Å². The van der Waals surface area contributed by atoms with Gasteiger partial charge < -0.3 is 24.3 Å². The number of alkyl halides is 2. The number of halogens is 2. The van der Waals surface area contributed by atoms with Gasteiger partial charge in [-0.05, 0) is 38.1 Å². The molecule has 3 aromatic rings. The normalized spacial score (nSPS) is 10.9. The SMILES string of the molecule is CC(C)Oc1cc(-c2nc(C(=O)NCc3cccnc3C(=O)O)co2)ccc1OC(F)F. The third kappa shape index (κ3) is 5.56. The first-order chi connectivity index (χ1) is 15.2. The van der Waals surface area contributed by atoms with Gasteiger partial charge in [-0.15, -0.1) is 0 Å². The van der Waals surface area contributed by atoms with Crippen molar-refractivity contribution in [3.63, 3.8) is 0 Å². The van der Waals surface area contributed by atoms with E-state index in [0.717, 1.165) is 6.26 Å². The Balaban J connectivity index is 1.76. The van der Waals surface area contributed by atoms with E-state index in [4.69, 9.17) is 14.3 Å². The molecule has 0 aliphatic rings. The highest BCUT2D eigenvalue weighted by atomic mass is 19.3. The van der Waals surface area contributed by atoms with E-state index in [9.17, 15) is 18.4 Å². The number of benzene rings is 1. The molecule has 0 spiro atoms. The van der Waals surface area contributed by atoms with Crippen molar-refractivity contribution in [2.24, 2.45) is 0 Å². The quantitative estimate of drug-likeness (QED) is 0.508. The number of carbonyl (C=O) groups is 2. The summed E-state index contributed by atoms with van der Waals surface area (Å²) in [5, 5.41) is 11.7. The lowest BCUT2D eigenvalue weighted by Gasteiger charge is -2.15. The third-order valence-electron chi connectivity index (χ3n) is 4.04. The predicted molar refractivity (Wildman–Crippen MR) is 107 cm³/mol. The summed E-state index contributed by atoms with van der Waals surface area (Å²) in [4.78, 5) is 31.5. The van der Waals surface area contributed by atoms with Gasteiger partial charge in [0.15, 0.2) is 22.9 Å². The maximum Gasteiger partial charge on any atom is 0.387 e. The summed E-state index contributed by atoms with van der Waals surface area (Å²) in [7, 11) is 0. The maximum absolute atomic E-state index is 12.6. The van der Waals surface area contributed by atoms with Crippen LogP contribution in [0.4, 0.5) is 8.78 Å². The highest BCUT2D eigenvalue weighted by Crippen LogP contribution is 2.34. The first-order valence-electron chi connectivity index (χ1n) is 9.41. The molecule has 3 rings (SSSR count). The van der Waals surface area contributed by atoms with Crippen LogP contribution >= 0.6 is 0 Å². The lowest BCUT2D eigenvalue weighted by atomic mass is 10.2. The van der Waals surface area contributed by atoms with E-state index >= 15 is 0 Å². The summed E-state index contributed by atoms with van der Waals surface area (Å²) < 4.78 is 40.6. The molecule has 0 atom stereocenters. The molecule has 168 valence electrons. The number of nitrogens with zero attached hydrogens (tertiary/aromatic N) is 2. The van der Waals surface area contributed by atoms with Crippen LogP contribution in [0.15, 0.2) is 47.2 Å². The largest absolute Gasteiger partial charge is 0.487 e. The molecule has 0 radical (unpaired) electrons. The number of aromatic carboxylic acids is 1. The zero-order valence-electron chi connectivity index (χ0n) is 17.0. The number of ether oxygens (including phenoxy) is 2.